The summed E-state index contributed by atoms with van der Waals surface area (Å²) in [5, 5.41) is 63.5. The van der Waals surface area contributed by atoms with Crippen molar-refractivity contribution in [1.29, 1.82) is 0 Å². The molecule has 0 bridgehead atoms. The smallest absolute Gasteiger partial charge is 0.207 e. The Hall–Kier alpha value is -3.46. The number of aromatic hydroxyl groups is 3. The number of ketones is 2. The molecule has 234 valence electrons. The maximum atomic E-state index is 13.6. The summed E-state index contributed by atoms with van der Waals surface area (Å²) in [4.78, 5) is 27.1. The van der Waals surface area contributed by atoms with Crippen molar-refractivity contribution in [2.45, 2.75) is 111 Å². The normalized spacial score (nSPS) is 19.0. The lowest BCUT2D eigenvalue weighted by molar-refractivity contribution is -0.0509. The van der Waals surface area contributed by atoms with E-state index in [0.717, 1.165) is 31.3 Å². The molecular weight excluding hydrogens is 548 g/mol. The van der Waals surface area contributed by atoms with Gasteiger partial charge in [0.1, 0.15) is 17.2 Å². The second kappa shape index (κ2) is 13.0. The fraction of sp³-hybridized carbons (Fsp3) is 0.486. The number of carbonyl (C=O) groups is 2. The van der Waals surface area contributed by atoms with Gasteiger partial charge in [0.15, 0.2) is 5.60 Å². The number of aryl methyl sites for hydroxylation is 1. The van der Waals surface area contributed by atoms with E-state index >= 15 is 0 Å². The van der Waals surface area contributed by atoms with Crippen LogP contribution in [0.2, 0.25) is 0 Å². The molecule has 0 amide bonds. The molecule has 0 saturated carbocycles. The number of benzene rings is 2. The van der Waals surface area contributed by atoms with E-state index in [1.54, 1.807) is 26.8 Å². The summed E-state index contributed by atoms with van der Waals surface area (Å²) in [7, 11) is 0. The van der Waals surface area contributed by atoms with Gasteiger partial charge in [0.05, 0.1) is 22.8 Å². The second-order valence-corrected chi connectivity index (χ2v) is 12.7. The maximum absolute atomic E-state index is 13.6. The number of aliphatic hydroxyl groups is 3. The van der Waals surface area contributed by atoms with E-state index in [0.29, 0.717) is 18.4 Å². The molecule has 2 aromatic rings. The van der Waals surface area contributed by atoms with Gasteiger partial charge in [-0.15, -0.1) is 0 Å². The second-order valence-electron chi connectivity index (χ2n) is 12.7. The minimum Gasteiger partial charge on any atom is -0.507 e. The molecule has 8 heteroatoms. The summed E-state index contributed by atoms with van der Waals surface area (Å²) in [5.41, 5.74) is -0.443. The zero-order valence-corrected chi connectivity index (χ0v) is 26.3. The fourth-order valence-electron chi connectivity index (χ4n) is 5.55. The maximum Gasteiger partial charge on any atom is 0.207 e. The number of rotatable bonds is 12. The number of phenols is 3. The first-order valence-electron chi connectivity index (χ1n) is 14.8. The van der Waals surface area contributed by atoms with E-state index in [4.69, 9.17) is 0 Å². The highest BCUT2D eigenvalue weighted by molar-refractivity contribution is 6.36. The number of allylic oxidation sites excluding steroid dienone is 5. The summed E-state index contributed by atoms with van der Waals surface area (Å²) in [6.07, 6.45) is 9.19. The third-order valence-electron chi connectivity index (χ3n) is 8.58. The molecule has 2 unspecified atom stereocenters. The molecule has 8 nitrogen and oxygen atoms in total. The van der Waals surface area contributed by atoms with E-state index in [1.165, 1.54) is 24.1 Å². The molecule has 1 aliphatic carbocycles. The molecule has 0 saturated heterocycles. The zero-order valence-electron chi connectivity index (χ0n) is 26.3. The molecule has 0 radical (unpaired) electrons. The van der Waals surface area contributed by atoms with E-state index < -0.39 is 40.4 Å². The zero-order chi connectivity index (χ0) is 32.4. The standard InChI is InChI=1S/C35H46O8/c1-19(10-8-12-20(2)14-15-25(37)34(6,7)42)11-9-13-21(3)16-17-35(43)32(40)27-24(36)18-22(4)26-28(27)29(33(35)41)31(39)23(5)30(26)38/h11-12,16,18,25,36-39,42-43H,8-10,13-15,17H2,1-7H3. The average Bonchev–Trinajstić information content (AvgIpc) is 2.91. The fourth-order valence-corrected chi connectivity index (χ4v) is 5.55. The monoisotopic (exact) mass is 594 g/mol. The van der Waals surface area contributed by atoms with E-state index in [-0.39, 0.29) is 39.6 Å². The van der Waals surface area contributed by atoms with Crippen LogP contribution in [0.25, 0.3) is 10.8 Å². The first kappa shape index (κ1) is 34.0. The van der Waals surface area contributed by atoms with Crippen LogP contribution < -0.4 is 0 Å². The van der Waals surface area contributed by atoms with Crippen LogP contribution in [0.5, 0.6) is 17.2 Å². The molecular formula is C35H46O8. The van der Waals surface area contributed by atoms with Gasteiger partial charge in [0.2, 0.25) is 11.6 Å². The number of Topliss-reactive ketones (excluding diaryl/α,β-unsaturated/α-hetero) is 2. The van der Waals surface area contributed by atoms with Crippen molar-refractivity contribution in [3.05, 3.63) is 63.3 Å². The largest absolute Gasteiger partial charge is 0.507 e. The SMILES string of the molecule is CC(=CCCC(C)=CCC1(O)C(=O)c2c(O)cc(C)c3c(O)c(C)c(O)c(c23)C1=O)CCC=C(C)CCC(O)C(C)(C)O. The number of hydrogen-bond acceptors (Lipinski definition) is 8. The first-order valence-corrected chi connectivity index (χ1v) is 14.8. The lowest BCUT2D eigenvalue weighted by Gasteiger charge is -2.32. The van der Waals surface area contributed by atoms with E-state index in [9.17, 15) is 40.2 Å². The molecule has 0 spiro atoms. The van der Waals surface area contributed by atoms with Gasteiger partial charge in [-0.2, -0.15) is 0 Å². The Kier molecular flexibility index (Phi) is 10.3. The van der Waals surface area contributed by atoms with E-state index in [2.05, 4.69) is 19.1 Å². The van der Waals surface area contributed by atoms with Crippen LogP contribution in [0.4, 0.5) is 0 Å². The Bertz CT molecular complexity index is 1520. The van der Waals surface area contributed by atoms with Crippen molar-refractivity contribution in [2.24, 2.45) is 0 Å². The predicted octanol–water partition coefficient (Wildman–Crippen LogP) is 6.38. The van der Waals surface area contributed by atoms with Gasteiger partial charge < -0.3 is 30.6 Å². The van der Waals surface area contributed by atoms with Gasteiger partial charge in [-0.05, 0) is 98.6 Å². The number of aliphatic hydroxyl groups excluding tert-OH is 1. The van der Waals surface area contributed by atoms with Crippen molar-refractivity contribution >= 4 is 22.3 Å². The van der Waals surface area contributed by atoms with Crippen molar-refractivity contribution in [1.82, 2.24) is 0 Å². The average molecular weight is 595 g/mol. The Morgan fingerprint density at radius 1 is 0.837 bits per heavy atom. The van der Waals surface area contributed by atoms with Crippen LogP contribution in [0.15, 0.2) is 41.0 Å². The highest BCUT2D eigenvalue weighted by Crippen LogP contribution is 2.49. The van der Waals surface area contributed by atoms with Crippen LogP contribution >= 0.6 is 0 Å². The molecule has 1 aliphatic rings. The van der Waals surface area contributed by atoms with Crippen molar-refractivity contribution in [2.75, 3.05) is 0 Å². The summed E-state index contributed by atoms with van der Waals surface area (Å²) in [6.45, 7) is 12.2. The van der Waals surface area contributed by atoms with Crippen LogP contribution in [0.1, 0.15) is 111 Å². The first-order chi connectivity index (χ1) is 19.9. The Labute approximate surface area is 253 Å². The number of carbonyl (C=O) groups excluding carboxylic acids is 2. The molecule has 0 fully saturated rings. The van der Waals surface area contributed by atoms with Crippen LogP contribution in [0, 0.1) is 13.8 Å². The van der Waals surface area contributed by atoms with Crippen LogP contribution in [-0.4, -0.2) is 59.5 Å². The van der Waals surface area contributed by atoms with Gasteiger partial charge >= 0.3 is 0 Å². The summed E-state index contributed by atoms with van der Waals surface area (Å²) in [5.74, 6) is -3.16. The lowest BCUT2D eigenvalue weighted by atomic mass is 9.73. The van der Waals surface area contributed by atoms with Gasteiger partial charge in [0.25, 0.3) is 0 Å². The van der Waals surface area contributed by atoms with Crippen LogP contribution in [-0.2, 0) is 0 Å². The minimum atomic E-state index is -2.51. The summed E-state index contributed by atoms with van der Waals surface area (Å²) >= 11 is 0. The van der Waals surface area contributed by atoms with Crippen molar-refractivity contribution in [3.63, 3.8) is 0 Å². The van der Waals surface area contributed by atoms with E-state index in [1.807, 2.05) is 13.8 Å². The van der Waals surface area contributed by atoms with Crippen molar-refractivity contribution < 1.29 is 40.2 Å². The van der Waals surface area contributed by atoms with Gasteiger partial charge in [-0.3, -0.25) is 9.59 Å². The minimum absolute atomic E-state index is 0.0455. The number of phenolic OH excluding ortho intramolecular Hbond substituents is 3. The lowest BCUT2D eigenvalue weighted by Crippen LogP contribution is -2.49. The summed E-state index contributed by atoms with van der Waals surface area (Å²) in [6, 6.07) is 1.31. The quantitative estimate of drug-likeness (QED) is 0.122. The number of hydrogen-bond donors (Lipinski definition) is 6. The molecule has 2 atom stereocenters. The Balaban J connectivity index is 1.67. The van der Waals surface area contributed by atoms with Crippen molar-refractivity contribution in [3.8, 4) is 17.2 Å². The molecule has 43 heavy (non-hydrogen) atoms. The van der Waals surface area contributed by atoms with Gasteiger partial charge in [0, 0.05) is 22.8 Å². The Morgan fingerprint density at radius 3 is 1.91 bits per heavy atom. The molecule has 3 rings (SSSR count). The van der Waals surface area contributed by atoms with Crippen LogP contribution in [0.3, 0.4) is 0 Å². The summed E-state index contributed by atoms with van der Waals surface area (Å²) < 4.78 is 0. The molecule has 0 heterocycles. The third-order valence-corrected chi connectivity index (χ3v) is 8.58. The highest BCUT2D eigenvalue weighted by Gasteiger charge is 2.51. The molecule has 6 N–H and O–H groups in total. The van der Waals surface area contributed by atoms with Gasteiger partial charge in [-0.25, -0.2) is 0 Å². The van der Waals surface area contributed by atoms with Gasteiger partial charge in [-0.1, -0.05) is 34.9 Å². The highest BCUT2D eigenvalue weighted by atomic mass is 16.3. The molecule has 2 aromatic carbocycles. The molecule has 0 aromatic heterocycles. The third kappa shape index (κ3) is 7.03. The topological polar surface area (TPSA) is 156 Å². The molecule has 0 aliphatic heterocycles. The Morgan fingerprint density at radius 2 is 1.35 bits per heavy atom. The predicted molar refractivity (Wildman–Crippen MR) is 168 cm³/mol.